The molecule has 0 amide bonds. The fourth-order valence-corrected chi connectivity index (χ4v) is 10.6. The number of rotatable bonds is 20. The van der Waals surface area contributed by atoms with Crippen molar-refractivity contribution < 1.29 is 24.2 Å². The van der Waals surface area contributed by atoms with Gasteiger partial charge < -0.3 is 34.8 Å². The maximum absolute atomic E-state index is 13.7. The van der Waals surface area contributed by atoms with Gasteiger partial charge >= 0.3 is 35.0 Å². The fourth-order valence-electron chi connectivity index (χ4n) is 10.6. The van der Waals surface area contributed by atoms with Crippen molar-refractivity contribution in [2.24, 2.45) is 35.5 Å². The number of aromatic amines is 1. The van der Waals surface area contributed by atoms with Crippen LogP contribution in [0.25, 0.3) is 35.6 Å². The Morgan fingerprint density at radius 3 is 2.22 bits per heavy atom. The van der Waals surface area contributed by atoms with Gasteiger partial charge in [-0.25, -0.2) is 0 Å². The van der Waals surface area contributed by atoms with E-state index in [1.165, 1.54) is 57.6 Å². The summed E-state index contributed by atoms with van der Waals surface area (Å²) in [5.74, 6) is 0.326. The summed E-state index contributed by atoms with van der Waals surface area (Å²) in [5.41, 5.74) is 10.4. The third kappa shape index (κ3) is 11.7. The predicted molar refractivity (Wildman–Crippen MR) is 267 cm³/mol. The number of ether oxygens (including phenoxy) is 2. The zero-order valence-electron chi connectivity index (χ0n) is 41.5. The molecule has 10 heteroatoms. The second kappa shape index (κ2) is 23.0. The number of carbonyl (C=O) groups excluding carboxylic acids is 2. The molecule has 3 aromatic rings. The van der Waals surface area contributed by atoms with E-state index < -0.39 is 17.9 Å². The Morgan fingerprint density at radius 1 is 0.892 bits per heavy atom. The molecule has 6 atom stereocenters. The van der Waals surface area contributed by atoms with Gasteiger partial charge in [-0.1, -0.05) is 140 Å². The number of nitrogens with zero attached hydrogens (tertiary/aromatic N) is 2. The number of fused-ring (bicyclic) bond motifs is 8. The van der Waals surface area contributed by atoms with Gasteiger partial charge in [0.05, 0.1) is 18.5 Å². The Kier molecular flexibility index (Phi) is 18.4. The molecule has 2 aliphatic heterocycles. The summed E-state index contributed by atoms with van der Waals surface area (Å²) in [4.78, 5) is 41.0. The summed E-state index contributed by atoms with van der Waals surface area (Å²) in [6, 6.07) is -0.416. The molecule has 348 valence electrons. The molecule has 3 N–H and O–H groups in total. The van der Waals surface area contributed by atoms with E-state index in [0.29, 0.717) is 22.6 Å². The number of allylic oxidation sites excluding steroid dienone is 2. The van der Waals surface area contributed by atoms with Gasteiger partial charge in [0.25, 0.3) is 0 Å². The number of carbonyl (C=O) groups is 2. The first kappa shape index (κ1) is 51.8. The van der Waals surface area contributed by atoms with Crippen molar-refractivity contribution >= 4 is 70.6 Å². The van der Waals surface area contributed by atoms with E-state index in [1.54, 1.807) is 0 Å². The number of aliphatic hydroxyl groups is 1. The quantitative estimate of drug-likeness (QED) is 0.0588. The molecule has 3 aliphatic rings. The topological polar surface area (TPSA) is 129 Å². The summed E-state index contributed by atoms with van der Waals surface area (Å²) in [7, 11) is 1.35. The molecule has 5 heterocycles. The third-order valence-corrected chi connectivity index (χ3v) is 14.7. The largest absolute Gasteiger partial charge is 2.00 e. The number of methoxy groups -OCH3 is 1. The molecule has 9 nitrogen and oxygen atoms in total. The molecular weight excluding hydrogens is 821 g/mol. The van der Waals surface area contributed by atoms with Crippen molar-refractivity contribution in [3.8, 4) is 0 Å². The van der Waals surface area contributed by atoms with Crippen LogP contribution in [0.5, 0.6) is 0 Å². The molecule has 3 aromatic heterocycles. The maximum Gasteiger partial charge on any atom is 2.00 e. The normalized spacial score (nSPS) is 21.7. The van der Waals surface area contributed by atoms with Crippen LogP contribution < -0.4 is 36.6 Å². The molecule has 0 spiro atoms. The Balaban J connectivity index is 0.00000793. The number of aromatic nitrogens is 3. The SMILES string of the molecule is C=Cc1c2[n-]c(c1C)/C=C1\NC(C3=c4[nH]c(c(C)c4=C(O)[C@@H]3C(=O)OC)/C=c3\[n-]/c(c(C)c3CC)=C\2)[C@@H](CCC(=O)OC/C=C(/C)CCC[C@H](C)CCC[C@H](C)CCCC(C)C)[C@@H]1C.[Mg+2]. The van der Waals surface area contributed by atoms with E-state index in [-0.39, 0.29) is 59.6 Å². The molecule has 65 heavy (non-hydrogen) atoms. The van der Waals surface area contributed by atoms with E-state index in [4.69, 9.17) is 19.4 Å². The monoisotopic (exact) mass is 897 g/mol. The summed E-state index contributed by atoms with van der Waals surface area (Å²) in [5, 5.41) is 18.7. The minimum atomic E-state index is -1.01. The Hall–Kier alpha value is -4.15. The summed E-state index contributed by atoms with van der Waals surface area (Å²) in [6.45, 7) is 26.4. The Labute approximate surface area is 404 Å². The molecular formula is C55H76MgN4O5. The van der Waals surface area contributed by atoms with E-state index >= 15 is 0 Å². The van der Waals surface area contributed by atoms with E-state index in [9.17, 15) is 14.7 Å². The predicted octanol–water partition coefficient (Wildman–Crippen LogP) is 8.24. The van der Waals surface area contributed by atoms with E-state index in [2.05, 4.69) is 91.3 Å². The molecule has 1 aliphatic carbocycles. The van der Waals surface area contributed by atoms with Crippen molar-refractivity contribution in [2.45, 2.75) is 152 Å². The van der Waals surface area contributed by atoms with Crippen LogP contribution in [0.2, 0.25) is 0 Å². The van der Waals surface area contributed by atoms with Crippen LogP contribution >= 0.6 is 0 Å². The molecule has 1 fully saturated rings. The van der Waals surface area contributed by atoms with Crippen LogP contribution in [-0.2, 0) is 25.5 Å². The van der Waals surface area contributed by atoms with Gasteiger partial charge in [0.2, 0.25) is 0 Å². The van der Waals surface area contributed by atoms with E-state index in [0.717, 1.165) is 98.3 Å². The average Bonchev–Trinajstić information content (AvgIpc) is 3.99. The van der Waals surface area contributed by atoms with Crippen molar-refractivity contribution in [1.82, 2.24) is 20.3 Å². The smallest absolute Gasteiger partial charge is 0.657 e. The van der Waals surface area contributed by atoms with Crippen LogP contribution in [0.1, 0.15) is 164 Å². The van der Waals surface area contributed by atoms with Crippen molar-refractivity contribution in [3.63, 3.8) is 0 Å². The molecule has 8 bridgehead atoms. The van der Waals surface area contributed by atoms with Gasteiger partial charge in [0, 0.05) is 28.9 Å². The van der Waals surface area contributed by atoms with Crippen molar-refractivity contribution in [2.75, 3.05) is 13.7 Å². The van der Waals surface area contributed by atoms with Gasteiger partial charge in [-0.05, 0) is 99.8 Å². The van der Waals surface area contributed by atoms with Crippen LogP contribution in [0.3, 0.4) is 0 Å². The zero-order valence-corrected chi connectivity index (χ0v) is 42.9. The second-order valence-electron chi connectivity index (χ2n) is 19.8. The van der Waals surface area contributed by atoms with Crippen molar-refractivity contribution in [3.05, 3.63) is 90.1 Å². The molecule has 0 saturated carbocycles. The van der Waals surface area contributed by atoms with Crippen LogP contribution in [-0.4, -0.2) is 64.8 Å². The zero-order chi connectivity index (χ0) is 46.4. The van der Waals surface area contributed by atoms with E-state index in [1.807, 2.05) is 25.2 Å². The molecule has 0 aromatic carbocycles. The summed E-state index contributed by atoms with van der Waals surface area (Å²) in [6.07, 6.45) is 22.9. The summed E-state index contributed by atoms with van der Waals surface area (Å²) < 4.78 is 11.2. The third-order valence-electron chi connectivity index (χ3n) is 14.7. The standard InChI is InChI=1S/C55H76N4O5.Mg/c1-13-39-35(8)42-28-44-37(10)41(24-25-48(60)64-27-26-34(7)23-17-22-33(6)21-16-20-32(5)19-15-18-31(3)4)52(58-44)50-51(55(62)63-12)54(61)49-38(11)45(59-53(49)50)30-47-40(14-2)36(9)43(57-47)29-46(39)56-42;/h13,26,28-33,37,41,51-52,58-59,61H,1,14-25,27H2,2-12H3;/q-2;+2/b34-26-,43-29-,44-28-,47-30-;/t32-,33-,37+,41+,51-,52?;/m1./s1. The fraction of sp³-hybridized carbons (Fsp3) is 0.564. The van der Waals surface area contributed by atoms with Crippen LogP contribution in [0.4, 0.5) is 0 Å². The first-order valence-electron chi connectivity index (χ1n) is 24.3. The van der Waals surface area contributed by atoms with Gasteiger partial charge in [-0.2, -0.15) is 0 Å². The molecule has 1 unspecified atom stereocenters. The first-order valence-corrected chi connectivity index (χ1v) is 24.3. The number of esters is 2. The second-order valence-corrected chi connectivity index (χ2v) is 19.8. The molecule has 0 radical (unpaired) electrons. The van der Waals surface area contributed by atoms with Gasteiger partial charge in [0.15, 0.2) is 0 Å². The minimum Gasteiger partial charge on any atom is -0.657 e. The Bertz CT molecular complexity index is 2510. The maximum atomic E-state index is 13.7. The van der Waals surface area contributed by atoms with Gasteiger partial charge in [-0.15, -0.1) is 22.1 Å². The average molecular weight is 898 g/mol. The Morgan fingerprint density at radius 2 is 1.57 bits per heavy atom. The molecule has 6 rings (SSSR count). The number of nitrogens with one attached hydrogen (secondary N) is 2. The number of hydrogen-bond donors (Lipinski definition) is 3. The first-order chi connectivity index (χ1) is 30.6. The summed E-state index contributed by atoms with van der Waals surface area (Å²) >= 11 is 0. The number of aliphatic hydroxyl groups excluding tert-OH is 1. The number of hydrogen-bond acceptors (Lipinski definition) is 6. The van der Waals surface area contributed by atoms with Crippen LogP contribution in [0, 0.1) is 56.3 Å². The van der Waals surface area contributed by atoms with Crippen molar-refractivity contribution in [1.29, 1.82) is 0 Å². The van der Waals surface area contributed by atoms with Gasteiger partial charge in [0.1, 0.15) is 18.3 Å². The minimum absolute atomic E-state index is 0. The van der Waals surface area contributed by atoms with Crippen LogP contribution in [0.15, 0.2) is 23.9 Å². The molecule has 1 saturated heterocycles. The number of H-pyrrole nitrogens is 1. The van der Waals surface area contributed by atoms with Gasteiger partial charge in [-0.3, -0.25) is 9.59 Å².